The Kier molecular flexibility index (Phi) is 6.04. The van der Waals surface area contributed by atoms with Crippen LogP contribution in [0.1, 0.15) is 20.8 Å². The van der Waals surface area contributed by atoms with Crippen molar-refractivity contribution in [2.75, 3.05) is 5.32 Å². The molecule has 2 rings (SSSR count). The van der Waals surface area contributed by atoms with Gasteiger partial charge in [-0.05, 0) is 69.3 Å². The van der Waals surface area contributed by atoms with Crippen molar-refractivity contribution in [1.82, 2.24) is 0 Å². The highest BCUT2D eigenvalue weighted by Crippen LogP contribution is 2.19. The van der Waals surface area contributed by atoms with Crippen molar-refractivity contribution in [3.05, 3.63) is 53.0 Å². The maximum absolute atomic E-state index is 12.2. The number of benzene rings is 2. The second-order valence-corrected chi connectivity index (χ2v) is 6.31. The highest BCUT2D eigenvalue weighted by atomic mass is 79.9. The number of halogens is 1. The van der Waals surface area contributed by atoms with Crippen molar-refractivity contribution in [1.29, 1.82) is 0 Å². The van der Waals surface area contributed by atoms with E-state index in [2.05, 4.69) is 21.2 Å². The topological polar surface area (TPSA) is 47.6 Å². The summed E-state index contributed by atoms with van der Waals surface area (Å²) in [6, 6.07) is 14.6. The van der Waals surface area contributed by atoms with E-state index in [9.17, 15) is 4.79 Å². The van der Waals surface area contributed by atoms with Crippen LogP contribution in [-0.4, -0.2) is 18.1 Å². The SMILES string of the molecule is CC(C)Oc1ccc(NC(=O)[C@H](C)Oc2ccc(Br)cc2)cc1. The summed E-state index contributed by atoms with van der Waals surface area (Å²) in [6.07, 6.45) is -0.475. The van der Waals surface area contributed by atoms with Crippen LogP contribution in [0.5, 0.6) is 11.5 Å². The van der Waals surface area contributed by atoms with E-state index in [1.165, 1.54) is 0 Å². The van der Waals surface area contributed by atoms with Gasteiger partial charge in [-0.1, -0.05) is 15.9 Å². The number of hydrogen-bond acceptors (Lipinski definition) is 3. The van der Waals surface area contributed by atoms with Gasteiger partial charge in [0.25, 0.3) is 5.91 Å². The second-order valence-electron chi connectivity index (χ2n) is 5.39. The summed E-state index contributed by atoms with van der Waals surface area (Å²) in [6.45, 7) is 5.65. The minimum atomic E-state index is -0.595. The highest BCUT2D eigenvalue weighted by Gasteiger charge is 2.15. The van der Waals surface area contributed by atoms with Crippen LogP contribution >= 0.6 is 15.9 Å². The summed E-state index contributed by atoms with van der Waals surface area (Å²) in [7, 11) is 0. The Hall–Kier alpha value is -2.01. The molecule has 2 aromatic rings. The lowest BCUT2D eigenvalue weighted by atomic mass is 10.2. The molecule has 2 aromatic carbocycles. The minimum absolute atomic E-state index is 0.120. The number of carbonyl (C=O) groups is 1. The fourth-order valence-corrected chi connectivity index (χ4v) is 2.17. The summed E-state index contributed by atoms with van der Waals surface area (Å²) in [5.74, 6) is 1.22. The van der Waals surface area contributed by atoms with Gasteiger partial charge in [-0.2, -0.15) is 0 Å². The molecule has 5 heteroatoms. The number of anilines is 1. The Morgan fingerprint density at radius 3 is 2.00 bits per heavy atom. The maximum Gasteiger partial charge on any atom is 0.265 e. The van der Waals surface area contributed by atoms with Crippen LogP contribution in [-0.2, 0) is 4.79 Å². The van der Waals surface area contributed by atoms with E-state index in [1.807, 2.05) is 62.4 Å². The average molecular weight is 378 g/mol. The molecule has 4 nitrogen and oxygen atoms in total. The molecule has 0 aliphatic rings. The molecule has 0 radical (unpaired) electrons. The van der Waals surface area contributed by atoms with E-state index in [4.69, 9.17) is 9.47 Å². The number of rotatable bonds is 6. The zero-order valence-electron chi connectivity index (χ0n) is 13.4. The molecule has 1 amide bonds. The molecule has 23 heavy (non-hydrogen) atoms. The van der Waals surface area contributed by atoms with E-state index in [-0.39, 0.29) is 12.0 Å². The van der Waals surface area contributed by atoms with Crippen LogP contribution in [0.15, 0.2) is 53.0 Å². The first-order valence-electron chi connectivity index (χ1n) is 7.44. The summed E-state index contributed by atoms with van der Waals surface area (Å²) < 4.78 is 12.2. The van der Waals surface area contributed by atoms with E-state index in [0.29, 0.717) is 11.4 Å². The third-order valence-corrected chi connectivity index (χ3v) is 3.52. The smallest absolute Gasteiger partial charge is 0.265 e. The normalized spacial score (nSPS) is 11.9. The molecule has 0 spiro atoms. The average Bonchev–Trinajstić information content (AvgIpc) is 2.51. The third kappa shape index (κ3) is 5.60. The summed E-state index contributed by atoms with van der Waals surface area (Å²) >= 11 is 3.36. The largest absolute Gasteiger partial charge is 0.491 e. The van der Waals surface area contributed by atoms with Gasteiger partial charge < -0.3 is 14.8 Å². The number of amides is 1. The third-order valence-electron chi connectivity index (χ3n) is 2.99. The van der Waals surface area contributed by atoms with Crippen molar-refractivity contribution in [2.45, 2.75) is 33.0 Å². The molecule has 0 fully saturated rings. The van der Waals surface area contributed by atoms with Crippen molar-refractivity contribution >= 4 is 27.5 Å². The number of ether oxygens (including phenoxy) is 2. The predicted molar refractivity (Wildman–Crippen MR) is 95.1 cm³/mol. The van der Waals surface area contributed by atoms with Crippen LogP contribution in [0.4, 0.5) is 5.69 Å². The summed E-state index contributed by atoms with van der Waals surface area (Å²) in [4.78, 5) is 12.2. The van der Waals surface area contributed by atoms with Crippen molar-refractivity contribution < 1.29 is 14.3 Å². The summed E-state index contributed by atoms with van der Waals surface area (Å²) in [5, 5.41) is 2.83. The van der Waals surface area contributed by atoms with Gasteiger partial charge in [0.2, 0.25) is 0 Å². The van der Waals surface area contributed by atoms with E-state index < -0.39 is 6.10 Å². The first-order valence-corrected chi connectivity index (χ1v) is 8.23. The van der Waals surface area contributed by atoms with Gasteiger partial charge in [-0.25, -0.2) is 0 Å². The van der Waals surface area contributed by atoms with E-state index in [0.717, 1.165) is 10.2 Å². The standard InChI is InChI=1S/C18H20BrNO3/c1-12(2)22-16-10-6-15(7-11-16)20-18(21)13(3)23-17-8-4-14(19)5-9-17/h4-13H,1-3H3,(H,20,21)/t13-/m0/s1. The van der Waals surface area contributed by atoms with Crippen molar-refractivity contribution in [2.24, 2.45) is 0 Å². The molecule has 0 bridgehead atoms. The molecule has 0 heterocycles. The first kappa shape index (κ1) is 17.3. The molecule has 0 aliphatic heterocycles. The number of nitrogens with one attached hydrogen (secondary N) is 1. The molecule has 1 N–H and O–H groups in total. The van der Waals surface area contributed by atoms with E-state index >= 15 is 0 Å². The van der Waals surface area contributed by atoms with Gasteiger partial charge in [-0.3, -0.25) is 4.79 Å². The van der Waals surface area contributed by atoms with Gasteiger partial charge in [-0.15, -0.1) is 0 Å². The monoisotopic (exact) mass is 377 g/mol. The van der Waals surface area contributed by atoms with Gasteiger partial charge in [0.05, 0.1) is 6.10 Å². The fraction of sp³-hybridized carbons (Fsp3) is 0.278. The lowest BCUT2D eigenvalue weighted by Crippen LogP contribution is -2.30. The van der Waals surface area contributed by atoms with Gasteiger partial charge in [0.15, 0.2) is 6.10 Å². The van der Waals surface area contributed by atoms with Crippen molar-refractivity contribution in [3.8, 4) is 11.5 Å². The Morgan fingerprint density at radius 1 is 0.913 bits per heavy atom. The van der Waals surface area contributed by atoms with E-state index in [1.54, 1.807) is 6.92 Å². The Balaban J connectivity index is 1.91. The van der Waals surface area contributed by atoms with Crippen molar-refractivity contribution in [3.63, 3.8) is 0 Å². The molecule has 1 atom stereocenters. The zero-order chi connectivity index (χ0) is 16.8. The molecule has 0 aliphatic carbocycles. The molecule has 0 unspecified atom stereocenters. The Morgan fingerprint density at radius 2 is 1.43 bits per heavy atom. The van der Waals surface area contributed by atoms with Gasteiger partial charge >= 0.3 is 0 Å². The lowest BCUT2D eigenvalue weighted by molar-refractivity contribution is -0.122. The second kappa shape index (κ2) is 8.02. The van der Waals surface area contributed by atoms with Crippen LogP contribution in [0, 0.1) is 0 Å². The Bertz CT molecular complexity index is 638. The molecular weight excluding hydrogens is 358 g/mol. The van der Waals surface area contributed by atoms with Crippen LogP contribution in [0.25, 0.3) is 0 Å². The molecule has 122 valence electrons. The Labute approximate surface area is 144 Å². The molecule has 0 aromatic heterocycles. The molecular formula is C18H20BrNO3. The number of hydrogen-bond donors (Lipinski definition) is 1. The molecule has 0 saturated heterocycles. The van der Waals surface area contributed by atoms with Crippen LogP contribution < -0.4 is 14.8 Å². The van der Waals surface area contributed by atoms with Gasteiger partial charge in [0, 0.05) is 10.2 Å². The highest BCUT2D eigenvalue weighted by molar-refractivity contribution is 9.10. The number of carbonyl (C=O) groups excluding carboxylic acids is 1. The lowest BCUT2D eigenvalue weighted by Gasteiger charge is -2.15. The predicted octanol–water partition coefficient (Wildman–Crippen LogP) is 4.64. The summed E-state index contributed by atoms with van der Waals surface area (Å²) in [5.41, 5.74) is 0.706. The first-order chi connectivity index (χ1) is 10.9. The zero-order valence-corrected chi connectivity index (χ0v) is 15.0. The minimum Gasteiger partial charge on any atom is -0.491 e. The quantitative estimate of drug-likeness (QED) is 0.797. The van der Waals surface area contributed by atoms with Crippen LogP contribution in [0.2, 0.25) is 0 Å². The van der Waals surface area contributed by atoms with Crippen LogP contribution in [0.3, 0.4) is 0 Å². The molecule has 0 saturated carbocycles. The van der Waals surface area contributed by atoms with Gasteiger partial charge in [0.1, 0.15) is 11.5 Å². The maximum atomic E-state index is 12.2. The fourth-order valence-electron chi connectivity index (χ4n) is 1.90.